The number of nitrogens with zero attached hydrogens (tertiary/aromatic N) is 1. The van der Waals surface area contributed by atoms with E-state index in [0.29, 0.717) is 0 Å². The van der Waals surface area contributed by atoms with E-state index in [-0.39, 0.29) is 5.96 Å². The standard InChI is InChI=1S/C2HF3O2.C2H7N3/c3-2(4,5)1(6)7;1-5-2(3)4/h(H,6,7);1H3,(H4,3,4,5). The number of aliphatic imine (C=N–C) groups is 1. The Morgan fingerprint density at radius 1 is 1.42 bits per heavy atom. The molecule has 0 aliphatic heterocycles. The van der Waals surface area contributed by atoms with Crippen LogP contribution in [0.4, 0.5) is 13.2 Å². The number of carboxylic acids is 1. The lowest BCUT2D eigenvalue weighted by Crippen LogP contribution is -2.21. The summed E-state index contributed by atoms with van der Waals surface area (Å²) in [6.07, 6.45) is -5.08. The van der Waals surface area contributed by atoms with E-state index in [4.69, 9.17) is 21.4 Å². The summed E-state index contributed by atoms with van der Waals surface area (Å²) in [6.45, 7) is 0. The van der Waals surface area contributed by atoms with Crippen LogP contribution in [-0.2, 0) is 4.79 Å². The van der Waals surface area contributed by atoms with Gasteiger partial charge < -0.3 is 16.6 Å². The second kappa shape index (κ2) is 5.22. The molecule has 0 bridgehead atoms. The van der Waals surface area contributed by atoms with Crippen molar-refractivity contribution in [3.05, 3.63) is 0 Å². The number of carboxylic acid groups (broad SMARTS) is 1. The van der Waals surface area contributed by atoms with E-state index in [1.165, 1.54) is 7.05 Å². The Labute approximate surface area is 65.9 Å². The normalized spacial score (nSPS) is 9.33. The molecule has 12 heavy (non-hydrogen) atoms. The molecular weight excluding hydrogens is 179 g/mol. The van der Waals surface area contributed by atoms with Crippen LogP contribution < -0.4 is 11.5 Å². The van der Waals surface area contributed by atoms with Gasteiger partial charge in [-0.2, -0.15) is 13.2 Å². The first-order valence-corrected chi connectivity index (χ1v) is 2.49. The number of carbonyl (C=O) groups is 1. The van der Waals surface area contributed by atoms with Crippen molar-refractivity contribution in [3.63, 3.8) is 0 Å². The van der Waals surface area contributed by atoms with Crippen LogP contribution in [0.5, 0.6) is 0 Å². The first-order chi connectivity index (χ1) is 5.21. The molecule has 72 valence electrons. The van der Waals surface area contributed by atoms with Crippen LogP contribution in [0.1, 0.15) is 0 Å². The van der Waals surface area contributed by atoms with Crippen molar-refractivity contribution in [3.8, 4) is 0 Å². The number of guanidine groups is 1. The number of hydrogen-bond acceptors (Lipinski definition) is 2. The van der Waals surface area contributed by atoms with Gasteiger partial charge in [0.15, 0.2) is 5.96 Å². The SMILES string of the molecule is CN=C(N)N.O=C(O)C(F)(F)F. The highest BCUT2D eigenvalue weighted by Gasteiger charge is 2.38. The molecule has 8 heteroatoms. The molecular formula is C4H8F3N3O2. The van der Waals surface area contributed by atoms with Gasteiger partial charge in [0.2, 0.25) is 0 Å². The quantitative estimate of drug-likeness (QED) is 0.352. The van der Waals surface area contributed by atoms with Crippen LogP contribution in [0.2, 0.25) is 0 Å². The third-order valence-corrected chi connectivity index (χ3v) is 0.501. The maximum absolute atomic E-state index is 10.6. The van der Waals surface area contributed by atoms with Crippen molar-refractivity contribution in [2.24, 2.45) is 16.5 Å². The minimum Gasteiger partial charge on any atom is -0.475 e. The van der Waals surface area contributed by atoms with Crippen molar-refractivity contribution in [1.29, 1.82) is 0 Å². The van der Waals surface area contributed by atoms with E-state index in [2.05, 4.69) is 4.99 Å². The highest BCUT2D eigenvalue weighted by Crippen LogP contribution is 2.13. The van der Waals surface area contributed by atoms with Gasteiger partial charge in [0.05, 0.1) is 0 Å². The molecule has 0 saturated carbocycles. The summed E-state index contributed by atoms with van der Waals surface area (Å²) in [5, 5.41) is 7.12. The van der Waals surface area contributed by atoms with Gasteiger partial charge in [0.25, 0.3) is 0 Å². The number of hydrogen-bond donors (Lipinski definition) is 3. The zero-order valence-corrected chi connectivity index (χ0v) is 6.09. The molecule has 5 N–H and O–H groups in total. The molecule has 0 aromatic heterocycles. The number of halogens is 3. The number of nitrogens with two attached hydrogens (primary N) is 2. The molecule has 0 aliphatic rings. The third-order valence-electron chi connectivity index (χ3n) is 0.501. The number of aliphatic carboxylic acids is 1. The third kappa shape index (κ3) is 11.3. The minimum atomic E-state index is -5.08. The predicted octanol–water partition coefficient (Wildman–Crippen LogP) is -0.477. The largest absolute Gasteiger partial charge is 0.490 e. The summed E-state index contributed by atoms with van der Waals surface area (Å²) >= 11 is 0. The Bertz CT molecular complexity index is 173. The molecule has 0 aromatic carbocycles. The molecule has 0 amide bonds. The van der Waals surface area contributed by atoms with Crippen molar-refractivity contribution in [2.45, 2.75) is 6.18 Å². The van der Waals surface area contributed by atoms with E-state index >= 15 is 0 Å². The summed E-state index contributed by atoms with van der Waals surface area (Å²) in [5.74, 6) is -2.63. The maximum Gasteiger partial charge on any atom is 0.490 e. The van der Waals surface area contributed by atoms with Crippen LogP contribution in [0, 0.1) is 0 Å². The highest BCUT2D eigenvalue weighted by atomic mass is 19.4. The first kappa shape index (κ1) is 13.1. The lowest BCUT2D eigenvalue weighted by atomic mass is 10.7. The van der Waals surface area contributed by atoms with Gasteiger partial charge >= 0.3 is 12.1 Å². The smallest absolute Gasteiger partial charge is 0.475 e. The molecule has 0 heterocycles. The zero-order valence-electron chi connectivity index (χ0n) is 6.09. The first-order valence-electron chi connectivity index (χ1n) is 2.49. The van der Waals surface area contributed by atoms with E-state index in [0.717, 1.165) is 0 Å². The molecule has 0 aromatic rings. The monoisotopic (exact) mass is 187 g/mol. The second-order valence-corrected chi connectivity index (χ2v) is 1.45. The lowest BCUT2D eigenvalue weighted by Gasteiger charge is -1.93. The summed E-state index contributed by atoms with van der Waals surface area (Å²) in [7, 11) is 1.54. The fraction of sp³-hybridized carbons (Fsp3) is 0.500. The Hall–Kier alpha value is -1.47. The molecule has 0 saturated heterocycles. The average Bonchev–Trinajstić information content (AvgIpc) is 1.87. The Kier molecular flexibility index (Phi) is 5.71. The summed E-state index contributed by atoms with van der Waals surface area (Å²) in [5.41, 5.74) is 9.64. The van der Waals surface area contributed by atoms with Gasteiger partial charge in [0, 0.05) is 7.05 Å². The molecule has 0 unspecified atom stereocenters. The molecule has 0 radical (unpaired) electrons. The molecule has 0 spiro atoms. The van der Waals surface area contributed by atoms with Gasteiger partial charge in [-0.3, -0.25) is 4.99 Å². The molecule has 0 rings (SSSR count). The van der Waals surface area contributed by atoms with Crippen molar-refractivity contribution in [1.82, 2.24) is 0 Å². The highest BCUT2D eigenvalue weighted by molar-refractivity contribution is 5.75. The molecule has 0 fully saturated rings. The zero-order chi connectivity index (χ0) is 10.4. The van der Waals surface area contributed by atoms with E-state index in [1.54, 1.807) is 0 Å². The Morgan fingerprint density at radius 3 is 1.58 bits per heavy atom. The Morgan fingerprint density at radius 2 is 1.58 bits per heavy atom. The van der Waals surface area contributed by atoms with Crippen molar-refractivity contribution >= 4 is 11.9 Å². The van der Waals surface area contributed by atoms with Crippen LogP contribution in [-0.4, -0.2) is 30.3 Å². The van der Waals surface area contributed by atoms with Crippen LogP contribution in [0.3, 0.4) is 0 Å². The fourth-order valence-electron chi connectivity index (χ4n) is 0. The van der Waals surface area contributed by atoms with Gasteiger partial charge in [-0.1, -0.05) is 0 Å². The maximum atomic E-state index is 10.6. The van der Waals surface area contributed by atoms with E-state index < -0.39 is 12.1 Å². The second-order valence-electron chi connectivity index (χ2n) is 1.45. The minimum absolute atomic E-state index is 0.130. The molecule has 5 nitrogen and oxygen atoms in total. The lowest BCUT2D eigenvalue weighted by molar-refractivity contribution is -0.192. The average molecular weight is 187 g/mol. The number of alkyl halides is 3. The van der Waals surface area contributed by atoms with Crippen LogP contribution in [0.25, 0.3) is 0 Å². The predicted molar refractivity (Wildman–Crippen MR) is 35.4 cm³/mol. The van der Waals surface area contributed by atoms with Gasteiger partial charge in [-0.05, 0) is 0 Å². The van der Waals surface area contributed by atoms with Gasteiger partial charge in [-0.25, -0.2) is 4.79 Å². The van der Waals surface area contributed by atoms with E-state index in [1.807, 2.05) is 0 Å². The van der Waals surface area contributed by atoms with Gasteiger partial charge in [-0.15, -0.1) is 0 Å². The Balaban J connectivity index is 0. The fourth-order valence-corrected chi connectivity index (χ4v) is 0. The topological polar surface area (TPSA) is 102 Å². The molecule has 0 atom stereocenters. The van der Waals surface area contributed by atoms with Crippen LogP contribution in [0.15, 0.2) is 4.99 Å². The summed E-state index contributed by atoms with van der Waals surface area (Å²) < 4.78 is 31.7. The van der Waals surface area contributed by atoms with Gasteiger partial charge in [0.1, 0.15) is 0 Å². The van der Waals surface area contributed by atoms with Crippen molar-refractivity contribution in [2.75, 3.05) is 7.05 Å². The molecule has 0 aliphatic carbocycles. The van der Waals surface area contributed by atoms with Crippen molar-refractivity contribution < 1.29 is 23.1 Å². The van der Waals surface area contributed by atoms with Crippen LogP contribution >= 0.6 is 0 Å². The summed E-state index contributed by atoms with van der Waals surface area (Å²) in [6, 6.07) is 0. The summed E-state index contributed by atoms with van der Waals surface area (Å²) in [4.78, 5) is 12.3. The van der Waals surface area contributed by atoms with E-state index in [9.17, 15) is 13.2 Å². The number of rotatable bonds is 0.